The zero-order valence-corrected chi connectivity index (χ0v) is 23.5. The molecule has 0 aliphatic carbocycles. The molecule has 0 radical (unpaired) electrons. The number of benzene rings is 1. The van der Waals surface area contributed by atoms with E-state index in [1.807, 2.05) is 35.2 Å². The van der Waals surface area contributed by atoms with Crippen LogP contribution in [0.2, 0.25) is 0 Å². The predicted octanol–water partition coefficient (Wildman–Crippen LogP) is 6.09. The van der Waals surface area contributed by atoms with Crippen LogP contribution >= 0.6 is 7.14 Å². The minimum absolute atomic E-state index is 0.0373. The van der Waals surface area contributed by atoms with Crippen LogP contribution in [0.25, 0.3) is 0 Å². The van der Waals surface area contributed by atoms with Crippen LogP contribution in [0.5, 0.6) is 0 Å². The summed E-state index contributed by atoms with van der Waals surface area (Å²) in [6.45, 7) is 13.9. The molecule has 1 unspecified atom stereocenters. The SMILES string of the molecule is CCCCCCCCP(=O)(CC(=O)N(CCOCCO)C(C)(C)CC(C)(C)C)c1ccccc1. The van der Waals surface area contributed by atoms with Crippen LogP contribution in [0.4, 0.5) is 0 Å². The van der Waals surface area contributed by atoms with Crippen molar-refractivity contribution >= 4 is 18.4 Å². The van der Waals surface area contributed by atoms with E-state index in [2.05, 4.69) is 41.5 Å². The second-order valence-corrected chi connectivity index (χ2v) is 14.4. The van der Waals surface area contributed by atoms with Crippen LogP contribution in [0.1, 0.15) is 86.5 Å². The van der Waals surface area contributed by atoms with E-state index >= 15 is 0 Å². The number of carbonyl (C=O) groups is 1. The van der Waals surface area contributed by atoms with E-state index in [1.165, 1.54) is 19.3 Å². The predicted molar refractivity (Wildman–Crippen MR) is 145 cm³/mol. The van der Waals surface area contributed by atoms with Gasteiger partial charge in [-0.3, -0.25) is 4.79 Å². The number of hydrogen-bond donors (Lipinski definition) is 1. The average molecular weight is 496 g/mol. The third-order valence-corrected chi connectivity index (χ3v) is 9.24. The average Bonchev–Trinajstić information content (AvgIpc) is 2.74. The van der Waals surface area contributed by atoms with E-state index in [4.69, 9.17) is 9.84 Å². The summed E-state index contributed by atoms with van der Waals surface area (Å²) in [5.41, 5.74) is -0.366. The first kappa shape index (κ1) is 30.9. The molecule has 0 saturated carbocycles. The maximum Gasteiger partial charge on any atom is 0.230 e. The van der Waals surface area contributed by atoms with Crippen molar-refractivity contribution < 1.29 is 19.2 Å². The fraction of sp³-hybridized carbons (Fsp3) is 0.750. The van der Waals surface area contributed by atoms with Gasteiger partial charge in [0.1, 0.15) is 7.14 Å². The number of aliphatic hydroxyl groups is 1. The van der Waals surface area contributed by atoms with E-state index in [-0.39, 0.29) is 30.7 Å². The van der Waals surface area contributed by atoms with Crippen LogP contribution in [0.3, 0.4) is 0 Å². The Balaban J connectivity index is 3.06. The van der Waals surface area contributed by atoms with Gasteiger partial charge in [-0.15, -0.1) is 0 Å². The van der Waals surface area contributed by atoms with Crippen molar-refractivity contribution in [3.05, 3.63) is 30.3 Å². The third-order valence-electron chi connectivity index (χ3n) is 6.18. The van der Waals surface area contributed by atoms with Gasteiger partial charge >= 0.3 is 0 Å². The van der Waals surface area contributed by atoms with Crippen LogP contribution in [-0.4, -0.2) is 60.1 Å². The molecule has 0 fully saturated rings. The molecule has 6 heteroatoms. The van der Waals surface area contributed by atoms with Gasteiger partial charge in [-0.25, -0.2) is 0 Å². The Kier molecular flexibility index (Phi) is 13.7. The van der Waals surface area contributed by atoms with Gasteiger partial charge in [-0.2, -0.15) is 0 Å². The zero-order chi connectivity index (χ0) is 25.7. The number of aliphatic hydroxyl groups excluding tert-OH is 1. The highest BCUT2D eigenvalue weighted by Gasteiger charge is 2.37. The maximum atomic E-state index is 14.3. The summed E-state index contributed by atoms with van der Waals surface area (Å²) < 4.78 is 19.8. The molecule has 0 aromatic heterocycles. The topological polar surface area (TPSA) is 66.8 Å². The largest absolute Gasteiger partial charge is 0.394 e. The molecule has 196 valence electrons. The summed E-state index contributed by atoms with van der Waals surface area (Å²) in [5.74, 6) is -0.0694. The summed E-state index contributed by atoms with van der Waals surface area (Å²) in [6.07, 6.45) is 8.20. The van der Waals surface area contributed by atoms with Gasteiger partial charge in [0.25, 0.3) is 0 Å². The molecule has 1 aromatic carbocycles. The van der Waals surface area contributed by atoms with Gasteiger partial charge in [0.05, 0.1) is 26.0 Å². The second-order valence-electron chi connectivity index (χ2n) is 11.3. The molecular weight excluding hydrogens is 445 g/mol. The monoisotopic (exact) mass is 495 g/mol. The molecule has 0 aliphatic heterocycles. The highest BCUT2D eigenvalue weighted by Crippen LogP contribution is 2.46. The molecule has 1 aromatic rings. The summed E-state index contributed by atoms with van der Waals surface area (Å²) in [7, 11) is -2.87. The van der Waals surface area contributed by atoms with Crippen LogP contribution in [-0.2, 0) is 14.1 Å². The Bertz CT molecular complexity index is 743. The highest BCUT2D eigenvalue weighted by molar-refractivity contribution is 7.72. The summed E-state index contributed by atoms with van der Waals surface area (Å²) in [5, 5.41) is 9.85. The number of carbonyl (C=O) groups excluding carboxylic acids is 1. The molecule has 1 N–H and O–H groups in total. The lowest BCUT2D eigenvalue weighted by molar-refractivity contribution is -0.136. The van der Waals surface area contributed by atoms with Gasteiger partial charge in [-0.05, 0) is 32.1 Å². The molecule has 0 bridgehead atoms. The van der Waals surface area contributed by atoms with Crippen molar-refractivity contribution in [2.24, 2.45) is 5.41 Å². The Hall–Kier alpha value is -1.16. The first-order valence-electron chi connectivity index (χ1n) is 13.1. The number of nitrogens with zero attached hydrogens (tertiary/aromatic N) is 1. The molecule has 34 heavy (non-hydrogen) atoms. The molecule has 1 amide bonds. The first-order valence-corrected chi connectivity index (χ1v) is 15.2. The van der Waals surface area contributed by atoms with Gasteiger partial charge in [0.15, 0.2) is 0 Å². The minimum Gasteiger partial charge on any atom is -0.394 e. The third kappa shape index (κ3) is 11.5. The highest BCUT2D eigenvalue weighted by atomic mass is 31.2. The number of unbranched alkanes of at least 4 members (excludes halogenated alkanes) is 5. The lowest BCUT2D eigenvalue weighted by Crippen LogP contribution is -2.52. The fourth-order valence-electron chi connectivity index (χ4n) is 4.93. The molecular formula is C28H50NO4P. The number of hydrogen-bond acceptors (Lipinski definition) is 4. The maximum absolute atomic E-state index is 14.3. The summed E-state index contributed by atoms with van der Waals surface area (Å²) in [4.78, 5) is 15.6. The number of ether oxygens (including phenoxy) is 1. The Morgan fingerprint density at radius 1 is 0.971 bits per heavy atom. The molecule has 0 aliphatic rings. The molecule has 1 rings (SSSR count). The van der Waals surface area contributed by atoms with Crippen molar-refractivity contribution in [3.8, 4) is 0 Å². The zero-order valence-electron chi connectivity index (χ0n) is 22.6. The molecule has 0 saturated heterocycles. The second kappa shape index (κ2) is 15.1. The molecule has 0 spiro atoms. The van der Waals surface area contributed by atoms with Crippen molar-refractivity contribution in [2.75, 3.05) is 38.7 Å². The standard InChI is InChI=1S/C28H50NO4P/c1-7-8-9-10-11-15-22-34(32,25-16-13-12-14-17-25)23-26(31)29(18-20-33-21-19-30)28(5,6)24-27(2,3)4/h12-14,16-17,30H,7-11,15,18-24H2,1-6H3. The van der Waals surface area contributed by atoms with Crippen molar-refractivity contribution in [3.63, 3.8) is 0 Å². The lowest BCUT2D eigenvalue weighted by Gasteiger charge is -2.43. The number of rotatable bonds is 17. The molecule has 5 nitrogen and oxygen atoms in total. The van der Waals surface area contributed by atoms with Crippen LogP contribution < -0.4 is 5.30 Å². The Labute approximate surface area is 209 Å². The summed E-state index contributed by atoms with van der Waals surface area (Å²) in [6, 6.07) is 9.59. The van der Waals surface area contributed by atoms with E-state index in [9.17, 15) is 9.36 Å². The van der Waals surface area contributed by atoms with E-state index < -0.39 is 12.7 Å². The van der Waals surface area contributed by atoms with Crippen LogP contribution in [0, 0.1) is 5.41 Å². The van der Waals surface area contributed by atoms with Crippen molar-refractivity contribution in [1.29, 1.82) is 0 Å². The van der Waals surface area contributed by atoms with Gasteiger partial charge < -0.3 is 19.3 Å². The van der Waals surface area contributed by atoms with Crippen molar-refractivity contribution in [2.45, 2.75) is 92.0 Å². The first-order chi connectivity index (χ1) is 15.9. The van der Waals surface area contributed by atoms with E-state index in [0.717, 1.165) is 31.0 Å². The molecule has 1 atom stereocenters. The van der Waals surface area contributed by atoms with E-state index in [0.29, 0.717) is 19.3 Å². The van der Waals surface area contributed by atoms with Gasteiger partial charge in [0, 0.05) is 23.6 Å². The van der Waals surface area contributed by atoms with Crippen molar-refractivity contribution in [1.82, 2.24) is 4.90 Å². The fourth-order valence-corrected chi connectivity index (χ4v) is 7.59. The van der Waals surface area contributed by atoms with E-state index in [1.54, 1.807) is 0 Å². The summed E-state index contributed by atoms with van der Waals surface area (Å²) >= 11 is 0. The van der Waals surface area contributed by atoms with Gasteiger partial charge in [-0.1, -0.05) is 90.1 Å². The van der Waals surface area contributed by atoms with Crippen LogP contribution in [0.15, 0.2) is 30.3 Å². The normalized spacial score (nSPS) is 14.1. The Morgan fingerprint density at radius 3 is 2.18 bits per heavy atom. The molecule has 0 heterocycles. The minimum atomic E-state index is -2.87. The van der Waals surface area contributed by atoms with Gasteiger partial charge in [0.2, 0.25) is 5.91 Å². The Morgan fingerprint density at radius 2 is 1.59 bits per heavy atom. The lowest BCUT2D eigenvalue weighted by atomic mass is 9.80. The number of amides is 1. The quantitative estimate of drug-likeness (QED) is 0.210. The smallest absolute Gasteiger partial charge is 0.230 e.